The number of nitrogens with zero attached hydrogens (tertiary/aromatic N) is 3. The molecule has 106 valence electrons. The van der Waals surface area contributed by atoms with Gasteiger partial charge in [0, 0.05) is 26.7 Å². The molecule has 2 rings (SSSR count). The van der Waals surface area contributed by atoms with Gasteiger partial charge in [0.15, 0.2) is 5.82 Å². The Hall–Kier alpha value is -1.20. The molecular weight excluding hydrogens is 240 g/mol. The number of ether oxygens (including phenoxy) is 1. The molecule has 0 saturated carbocycles. The van der Waals surface area contributed by atoms with Crippen LogP contribution in [0.3, 0.4) is 0 Å². The van der Waals surface area contributed by atoms with Crippen LogP contribution in [0.1, 0.15) is 26.0 Å². The van der Waals surface area contributed by atoms with E-state index in [-0.39, 0.29) is 0 Å². The number of hydrogen-bond donors (Lipinski definition) is 1. The third kappa shape index (κ3) is 4.14. The van der Waals surface area contributed by atoms with Crippen molar-refractivity contribution < 1.29 is 4.74 Å². The fraction of sp³-hybridized carbons (Fsp3) is 0.714. The van der Waals surface area contributed by atoms with Gasteiger partial charge >= 0.3 is 0 Å². The van der Waals surface area contributed by atoms with Crippen LogP contribution in [0, 0.1) is 5.92 Å². The maximum Gasteiger partial charge on any atom is 0.151 e. The summed E-state index contributed by atoms with van der Waals surface area (Å²) in [6.45, 7) is 8.09. The quantitative estimate of drug-likeness (QED) is 0.842. The Morgan fingerprint density at radius 1 is 1.42 bits per heavy atom. The molecule has 1 aliphatic heterocycles. The van der Waals surface area contributed by atoms with E-state index in [1.54, 1.807) is 7.11 Å². The zero-order chi connectivity index (χ0) is 13.7. The van der Waals surface area contributed by atoms with Crippen LogP contribution in [0.4, 0.5) is 5.82 Å². The van der Waals surface area contributed by atoms with E-state index >= 15 is 0 Å². The minimum Gasteiger partial charge on any atom is -0.380 e. The van der Waals surface area contributed by atoms with Gasteiger partial charge in [-0.3, -0.25) is 0 Å². The van der Waals surface area contributed by atoms with E-state index in [4.69, 9.17) is 4.74 Å². The summed E-state index contributed by atoms with van der Waals surface area (Å²) in [4.78, 5) is 2.23. The predicted molar refractivity (Wildman–Crippen MR) is 76.2 cm³/mol. The molecule has 0 bridgehead atoms. The minimum atomic E-state index is 0.328. The summed E-state index contributed by atoms with van der Waals surface area (Å²) in [6, 6.07) is 4.10. The van der Waals surface area contributed by atoms with Gasteiger partial charge in [-0.15, -0.1) is 5.10 Å². The van der Waals surface area contributed by atoms with Crippen LogP contribution < -0.4 is 10.2 Å². The first-order valence-corrected chi connectivity index (χ1v) is 7.00. The van der Waals surface area contributed by atoms with E-state index in [9.17, 15) is 0 Å². The van der Waals surface area contributed by atoms with Gasteiger partial charge in [-0.05, 0) is 31.0 Å². The van der Waals surface area contributed by atoms with Crippen LogP contribution in [-0.4, -0.2) is 43.0 Å². The standard InChI is InChI=1S/C14H24N4O/c1-11(2)8-15-9-12-4-5-14(17-16-12)18-7-6-13(10-18)19-3/h4-5,11,13,15H,6-10H2,1-3H3. The number of hydrogen-bond acceptors (Lipinski definition) is 5. The van der Waals surface area contributed by atoms with E-state index in [1.807, 2.05) is 0 Å². The van der Waals surface area contributed by atoms with Crippen LogP contribution in [0.25, 0.3) is 0 Å². The Morgan fingerprint density at radius 3 is 2.84 bits per heavy atom. The molecule has 0 aromatic carbocycles. The van der Waals surface area contributed by atoms with Crippen LogP contribution in [-0.2, 0) is 11.3 Å². The van der Waals surface area contributed by atoms with Crippen molar-refractivity contribution in [3.63, 3.8) is 0 Å². The second-order valence-corrected chi connectivity index (χ2v) is 5.50. The monoisotopic (exact) mass is 264 g/mol. The lowest BCUT2D eigenvalue weighted by Crippen LogP contribution is -2.24. The van der Waals surface area contributed by atoms with Gasteiger partial charge in [-0.2, -0.15) is 5.10 Å². The molecule has 0 radical (unpaired) electrons. The summed E-state index contributed by atoms with van der Waals surface area (Å²) in [5, 5.41) is 12.0. The summed E-state index contributed by atoms with van der Waals surface area (Å²) < 4.78 is 5.36. The van der Waals surface area contributed by atoms with Crippen molar-refractivity contribution in [1.29, 1.82) is 0 Å². The zero-order valence-electron chi connectivity index (χ0n) is 12.1. The van der Waals surface area contributed by atoms with Crippen molar-refractivity contribution in [2.45, 2.75) is 32.9 Å². The molecule has 0 aliphatic carbocycles. The van der Waals surface area contributed by atoms with Crippen LogP contribution in [0.2, 0.25) is 0 Å². The highest BCUT2D eigenvalue weighted by atomic mass is 16.5. The summed E-state index contributed by atoms with van der Waals surface area (Å²) >= 11 is 0. The fourth-order valence-corrected chi connectivity index (χ4v) is 2.23. The Labute approximate surface area is 115 Å². The van der Waals surface area contributed by atoms with E-state index < -0.39 is 0 Å². The molecule has 5 heteroatoms. The fourth-order valence-electron chi connectivity index (χ4n) is 2.23. The van der Waals surface area contributed by atoms with Gasteiger partial charge in [-0.1, -0.05) is 13.8 Å². The molecule has 1 atom stereocenters. The topological polar surface area (TPSA) is 50.3 Å². The Kier molecular flexibility index (Phi) is 5.10. The first-order valence-electron chi connectivity index (χ1n) is 7.00. The van der Waals surface area contributed by atoms with Gasteiger partial charge in [0.05, 0.1) is 11.8 Å². The highest BCUT2D eigenvalue weighted by Gasteiger charge is 2.23. The average Bonchev–Trinajstić information content (AvgIpc) is 2.88. The van der Waals surface area contributed by atoms with Gasteiger partial charge in [0.2, 0.25) is 0 Å². The van der Waals surface area contributed by atoms with Crippen molar-refractivity contribution in [3.8, 4) is 0 Å². The van der Waals surface area contributed by atoms with Crippen molar-refractivity contribution in [1.82, 2.24) is 15.5 Å². The Bertz CT molecular complexity index is 380. The molecule has 0 amide bonds. The average molecular weight is 264 g/mol. The number of anilines is 1. The van der Waals surface area contributed by atoms with Crippen LogP contribution in [0.15, 0.2) is 12.1 Å². The molecule has 1 aliphatic rings. The maximum atomic E-state index is 5.36. The lowest BCUT2D eigenvalue weighted by atomic mass is 10.2. The molecule has 1 saturated heterocycles. The second-order valence-electron chi connectivity index (χ2n) is 5.50. The smallest absolute Gasteiger partial charge is 0.151 e. The van der Waals surface area contributed by atoms with Gasteiger partial charge in [-0.25, -0.2) is 0 Å². The molecule has 5 nitrogen and oxygen atoms in total. The second kappa shape index (κ2) is 6.82. The van der Waals surface area contributed by atoms with Crippen molar-refractivity contribution >= 4 is 5.82 Å². The summed E-state index contributed by atoms with van der Waals surface area (Å²) in [7, 11) is 1.77. The highest BCUT2D eigenvalue weighted by molar-refractivity contribution is 5.38. The molecule has 1 N–H and O–H groups in total. The van der Waals surface area contributed by atoms with E-state index in [1.165, 1.54) is 0 Å². The van der Waals surface area contributed by atoms with Crippen molar-refractivity contribution in [2.75, 3.05) is 31.6 Å². The summed E-state index contributed by atoms with van der Waals surface area (Å²) in [6.07, 6.45) is 1.39. The molecule has 2 heterocycles. The lowest BCUT2D eigenvalue weighted by Gasteiger charge is -2.16. The molecule has 1 aromatic rings. The molecule has 1 aromatic heterocycles. The Balaban J connectivity index is 1.84. The third-order valence-electron chi connectivity index (χ3n) is 3.37. The largest absolute Gasteiger partial charge is 0.380 e. The number of aromatic nitrogens is 2. The van der Waals surface area contributed by atoms with Gasteiger partial charge in [0.25, 0.3) is 0 Å². The van der Waals surface area contributed by atoms with Gasteiger partial charge in [0.1, 0.15) is 0 Å². The molecule has 1 unspecified atom stereocenters. The highest BCUT2D eigenvalue weighted by Crippen LogP contribution is 2.18. The zero-order valence-corrected chi connectivity index (χ0v) is 12.1. The first-order chi connectivity index (χ1) is 9.19. The van der Waals surface area contributed by atoms with Crippen molar-refractivity contribution in [3.05, 3.63) is 17.8 Å². The van der Waals surface area contributed by atoms with E-state index in [2.05, 4.69) is 46.4 Å². The SMILES string of the molecule is COC1CCN(c2ccc(CNCC(C)C)nn2)C1. The molecule has 0 spiro atoms. The normalized spacial score (nSPS) is 19.4. The minimum absolute atomic E-state index is 0.328. The summed E-state index contributed by atoms with van der Waals surface area (Å²) in [5.41, 5.74) is 0.992. The van der Waals surface area contributed by atoms with Crippen LogP contribution >= 0.6 is 0 Å². The van der Waals surface area contributed by atoms with E-state index in [0.29, 0.717) is 12.0 Å². The first kappa shape index (κ1) is 14.2. The number of nitrogens with one attached hydrogen (secondary N) is 1. The summed E-state index contributed by atoms with van der Waals surface area (Å²) in [5.74, 6) is 1.61. The number of rotatable bonds is 6. The number of methoxy groups -OCH3 is 1. The lowest BCUT2D eigenvalue weighted by molar-refractivity contribution is 0.121. The Morgan fingerprint density at radius 2 is 2.26 bits per heavy atom. The predicted octanol–water partition coefficient (Wildman–Crippen LogP) is 1.45. The van der Waals surface area contributed by atoms with E-state index in [0.717, 1.165) is 44.1 Å². The van der Waals surface area contributed by atoms with Crippen LogP contribution in [0.5, 0.6) is 0 Å². The van der Waals surface area contributed by atoms with Crippen molar-refractivity contribution in [2.24, 2.45) is 5.92 Å². The molecular formula is C14H24N4O. The molecule has 19 heavy (non-hydrogen) atoms. The molecule has 1 fully saturated rings. The van der Waals surface area contributed by atoms with Gasteiger partial charge < -0.3 is 15.0 Å². The third-order valence-corrected chi connectivity index (χ3v) is 3.37. The maximum absolute atomic E-state index is 5.36.